The Morgan fingerprint density at radius 3 is 2.45 bits per heavy atom. The van der Waals surface area contributed by atoms with Gasteiger partial charge in [0.15, 0.2) is 0 Å². The Bertz CT molecular complexity index is 476. The molecule has 2 aliphatic rings. The number of nitrogens with zero attached hydrogens (tertiary/aromatic N) is 1. The van der Waals surface area contributed by atoms with Gasteiger partial charge in [0.1, 0.15) is 5.75 Å². The van der Waals surface area contributed by atoms with Crippen LogP contribution in [0.3, 0.4) is 0 Å². The maximum atomic E-state index is 11.9. The Balaban J connectivity index is 1.57. The fourth-order valence-electron chi connectivity index (χ4n) is 3.32. The summed E-state index contributed by atoms with van der Waals surface area (Å²) in [4.78, 5) is 14.4. The van der Waals surface area contributed by atoms with E-state index in [-0.39, 0.29) is 11.3 Å². The van der Waals surface area contributed by atoms with Crippen molar-refractivity contribution in [1.29, 1.82) is 0 Å². The highest BCUT2D eigenvalue weighted by Crippen LogP contribution is 2.38. The molecule has 0 aliphatic carbocycles. The predicted molar refractivity (Wildman–Crippen MR) is 77.6 cm³/mol. The van der Waals surface area contributed by atoms with Crippen molar-refractivity contribution in [1.82, 2.24) is 10.2 Å². The Labute approximate surface area is 120 Å². The van der Waals surface area contributed by atoms with Crippen LogP contribution in [0.2, 0.25) is 0 Å². The molecule has 1 spiro atoms. The van der Waals surface area contributed by atoms with E-state index in [1.807, 2.05) is 12.1 Å². The Hall–Kier alpha value is -1.55. The first kappa shape index (κ1) is 13.4. The van der Waals surface area contributed by atoms with Gasteiger partial charge in [-0.15, -0.1) is 0 Å². The fourth-order valence-corrected chi connectivity index (χ4v) is 3.32. The van der Waals surface area contributed by atoms with Gasteiger partial charge in [-0.05, 0) is 50.0 Å². The molecule has 0 saturated carbocycles. The average Bonchev–Trinajstić information content (AvgIpc) is 2.83. The highest BCUT2D eigenvalue weighted by Gasteiger charge is 2.44. The molecule has 1 aromatic carbocycles. The van der Waals surface area contributed by atoms with Gasteiger partial charge in [-0.2, -0.15) is 0 Å². The molecule has 4 heteroatoms. The summed E-state index contributed by atoms with van der Waals surface area (Å²) in [6, 6.07) is 8.24. The van der Waals surface area contributed by atoms with Crippen molar-refractivity contribution < 1.29 is 9.53 Å². The summed E-state index contributed by atoms with van der Waals surface area (Å²) < 4.78 is 5.18. The molecule has 1 aromatic rings. The molecule has 2 aliphatic heterocycles. The summed E-state index contributed by atoms with van der Waals surface area (Å²) >= 11 is 0. The molecule has 4 nitrogen and oxygen atoms in total. The molecule has 0 aromatic heterocycles. The molecule has 20 heavy (non-hydrogen) atoms. The number of benzene rings is 1. The Kier molecular flexibility index (Phi) is 3.66. The number of hydrogen-bond acceptors (Lipinski definition) is 3. The molecule has 2 saturated heterocycles. The molecule has 0 bridgehead atoms. The second-order valence-corrected chi connectivity index (χ2v) is 5.91. The first-order valence-electron chi connectivity index (χ1n) is 7.35. The number of carbonyl (C=O) groups excluding carboxylic acids is 1. The van der Waals surface area contributed by atoms with Crippen molar-refractivity contribution in [2.45, 2.75) is 25.8 Å². The highest BCUT2D eigenvalue weighted by atomic mass is 16.5. The normalized spacial score (nSPS) is 21.9. The first-order valence-corrected chi connectivity index (χ1v) is 7.35. The van der Waals surface area contributed by atoms with Gasteiger partial charge < -0.3 is 10.1 Å². The van der Waals surface area contributed by atoms with Gasteiger partial charge in [0.05, 0.1) is 12.5 Å². The van der Waals surface area contributed by atoms with Crippen molar-refractivity contribution in [3.8, 4) is 5.75 Å². The Morgan fingerprint density at radius 2 is 1.90 bits per heavy atom. The topological polar surface area (TPSA) is 41.6 Å². The smallest absolute Gasteiger partial charge is 0.226 e. The number of nitrogens with one attached hydrogen (secondary N) is 1. The van der Waals surface area contributed by atoms with Crippen molar-refractivity contribution >= 4 is 5.91 Å². The third kappa shape index (κ3) is 2.52. The maximum absolute atomic E-state index is 11.9. The lowest BCUT2D eigenvalue weighted by atomic mass is 9.77. The third-order valence-electron chi connectivity index (χ3n) is 4.75. The zero-order valence-electron chi connectivity index (χ0n) is 12.0. The van der Waals surface area contributed by atoms with E-state index < -0.39 is 0 Å². The molecule has 3 rings (SSSR count). The van der Waals surface area contributed by atoms with Crippen LogP contribution in [0.15, 0.2) is 24.3 Å². The molecule has 1 amide bonds. The van der Waals surface area contributed by atoms with Gasteiger partial charge in [0.2, 0.25) is 5.91 Å². The molecule has 108 valence electrons. The Morgan fingerprint density at radius 1 is 1.20 bits per heavy atom. The zero-order valence-corrected chi connectivity index (χ0v) is 12.0. The van der Waals surface area contributed by atoms with Crippen LogP contribution in [-0.2, 0) is 11.3 Å². The van der Waals surface area contributed by atoms with Gasteiger partial charge in [-0.1, -0.05) is 12.1 Å². The minimum absolute atomic E-state index is 0.0591. The summed E-state index contributed by atoms with van der Waals surface area (Å²) in [7, 11) is 1.69. The summed E-state index contributed by atoms with van der Waals surface area (Å²) in [6.07, 6.45) is 3.01. The molecule has 2 fully saturated rings. The molecular formula is C16H22N2O2. The van der Waals surface area contributed by atoms with E-state index in [0.717, 1.165) is 51.2 Å². The molecule has 2 heterocycles. The van der Waals surface area contributed by atoms with Crippen molar-refractivity contribution in [3.05, 3.63) is 29.8 Å². The van der Waals surface area contributed by atoms with Crippen LogP contribution in [0.5, 0.6) is 5.75 Å². The number of likely N-dealkylation sites (tertiary alicyclic amines) is 1. The van der Waals surface area contributed by atoms with E-state index in [0.29, 0.717) is 0 Å². The number of ether oxygens (including phenoxy) is 1. The third-order valence-corrected chi connectivity index (χ3v) is 4.75. The molecule has 1 N–H and O–H groups in total. The summed E-state index contributed by atoms with van der Waals surface area (Å²) in [5, 5.41) is 2.99. The first-order chi connectivity index (χ1) is 9.72. The minimum Gasteiger partial charge on any atom is -0.497 e. The van der Waals surface area contributed by atoms with E-state index in [1.54, 1.807) is 7.11 Å². The van der Waals surface area contributed by atoms with Crippen LogP contribution >= 0.6 is 0 Å². The lowest BCUT2D eigenvalue weighted by Gasteiger charge is -2.37. The van der Waals surface area contributed by atoms with Gasteiger partial charge in [0.25, 0.3) is 0 Å². The van der Waals surface area contributed by atoms with Crippen molar-refractivity contribution in [2.24, 2.45) is 5.41 Å². The number of rotatable bonds is 3. The minimum atomic E-state index is -0.0591. The predicted octanol–water partition coefficient (Wildman–Crippen LogP) is 1.80. The lowest BCUT2D eigenvalue weighted by Crippen LogP contribution is -2.43. The van der Waals surface area contributed by atoms with Crippen LogP contribution in [0.4, 0.5) is 0 Å². The van der Waals surface area contributed by atoms with Crippen LogP contribution in [0.1, 0.15) is 24.8 Å². The lowest BCUT2D eigenvalue weighted by molar-refractivity contribution is -0.130. The van der Waals surface area contributed by atoms with Crippen LogP contribution in [0, 0.1) is 5.41 Å². The number of methoxy groups -OCH3 is 1. The van der Waals surface area contributed by atoms with E-state index in [2.05, 4.69) is 22.3 Å². The molecule has 0 radical (unpaired) electrons. The summed E-state index contributed by atoms with van der Waals surface area (Å²) in [6.45, 7) is 3.85. The second kappa shape index (κ2) is 5.44. The summed E-state index contributed by atoms with van der Waals surface area (Å²) in [5.41, 5.74) is 1.24. The second-order valence-electron chi connectivity index (χ2n) is 5.91. The van der Waals surface area contributed by atoms with Crippen molar-refractivity contribution in [2.75, 3.05) is 26.7 Å². The number of amides is 1. The van der Waals surface area contributed by atoms with E-state index in [4.69, 9.17) is 4.74 Å². The van der Waals surface area contributed by atoms with Crippen LogP contribution < -0.4 is 10.1 Å². The van der Waals surface area contributed by atoms with E-state index in [1.165, 1.54) is 5.56 Å². The van der Waals surface area contributed by atoms with E-state index >= 15 is 0 Å². The summed E-state index contributed by atoms with van der Waals surface area (Å²) in [5.74, 6) is 1.18. The van der Waals surface area contributed by atoms with Crippen LogP contribution in [0.25, 0.3) is 0 Å². The zero-order chi connectivity index (χ0) is 14.0. The van der Waals surface area contributed by atoms with Gasteiger partial charge in [-0.25, -0.2) is 0 Å². The largest absolute Gasteiger partial charge is 0.497 e. The average molecular weight is 274 g/mol. The monoisotopic (exact) mass is 274 g/mol. The number of hydrogen-bond donors (Lipinski definition) is 1. The molecular weight excluding hydrogens is 252 g/mol. The number of carbonyl (C=O) groups is 1. The molecule has 0 atom stereocenters. The van der Waals surface area contributed by atoms with E-state index in [9.17, 15) is 4.79 Å². The quantitative estimate of drug-likeness (QED) is 0.914. The SMILES string of the molecule is COc1ccc(CN2CCC3(CCNC3=O)CC2)cc1. The van der Waals surface area contributed by atoms with Gasteiger partial charge in [-0.3, -0.25) is 9.69 Å². The fraction of sp³-hybridized carbons (Fsp3) is 0.562. The number of piperidine rings is 1. The van der Waals surface area contributed by atoms with Gasteiger partial charge in [0, 0.05) is 13.1 Å². The van der Waals surface area contributed by atoms with Crippen LogP contribution in [-0.4, -0.2) is 37.6 Å². The van der Waals surface area contributed by atoms with Gasteiger partial charge >= 0.3 is 0 Å². The molecule has 0 unspecified atom stereocenters. The standard InChI is InChI=1S/C16H22N2O2/c1-20-14-4-2-13(3-5-14)12-18-10-7-16(8-11-18)6-9-17-15(16)19/h2-5H,6-12H2,1H3,(H,17,19). The highest BCUT2D eigenvalue weighted by molar-refractivity contribution is 5.84. The van der Waals surface area contributed by atoms with Crippen molar-refractivity contribution in [3.63, 3.8) is 0 Å². The maximum Gasteiger partial charge on any atom is 0.226 e.